The first kappa shape index (κ1) is 20.2. The number of carbonyl (C=O) groups is 1. The molecule has 0 spiro atoms. The fourth-order valence-electron chi connectivity index (χ4n) is 2.87. The topological polar surface area (TPSA) is 79.8 Å². The minimum Gasteiger partial charge on any atom is -0.496 e. The zero-order chi connectivity index (χ0) is 20.6. The van der Waals surface area contributed by atoms with E-state index in [1.54, 1.807) is 30.3 Å². The van der Waals surface area contributed by atoms with Gasteiger partial charge in [-0.2, -0.15) is 0 Å². The van der Waals surface area contributed by atoms with Crippen LogP contribution in [-0.2, 0) is 0 Å². The Kier molecular flexibility index (Phi) is 6.71. The number of benzene rings is 3. The van der Waals surface area contributed by atoms with Gasteiger partial charge in [0.05, 0.1) is 18.9 Å². The van der Waals surface area contributed by atoms with Crippen LogP contribution in [0.1, 0.15) is 17.2 Å². The number of ether oxygens (including phenoxy) is 2. The van der Waals surface area contributed by atoms with Crippen molar-refractivity contribution < 1.29 is 19.4 Å². The number of aliphatic hydroxyl groups is 1. The van der Waals surface area contributed by atoms with Crippen LogP contribution in [0.5, 0.6) is 17.2 Å². The molecule has 1 atom stereocenters. The van der Waals surface area contributed by atoms with Crippen molar-refractivity contribution in [1.82, 2.24) is 5.32 Å². The quantitative estimate of drug-likeness (QED) is 0.547. The average Bonchev–Trinajstić information content (AvgIpc) is 2.73. The summed E-state index contributed by atoms with van der Waals surface area (Å²) >= 11 is 0. The highest BCUT2D eigenvalue weighted by atomic mass is 16.5. The van der Waals surface area contributed by atoms with E-state index >= 15 is 0 Å². The van der Waals surface area contributed by atoms with Crippen molar-refractivity contribution in [3.05, 3.63) is 83.9 Å². The van der Waals surface area contributed by atoms with E-state index in [0.717, 1.165) is 5.56 Å². The van der Waals surface area contributed by atoms with Crippen molar-refractivity contribution in [2.24, 2.45) is 0 Å². The van der Waals surface area contributed by atoms with Gasteiger partial charge in [-0.1, -0.05) is 42.5 Å². The maximum Gasteiger partial charge on any atom is 0.319 e. The van der Waals surface area contributed by atoms with Crippen LogP contribution in [0.15, 0.2) is 72.8 Å². The monoisotopic (exact) mass is 392 g/mol. The molecule has 1 unspecified atom stereocenters. The maximum atomic E-state index is 12.3. The molecule has 0 fully saturated rings. The molecule has 0 aliphatic carbocycles. The summed E-state index contributed by atoms with van der Waals surface area (Å²) in [6.45, 7) is 2.02. The third kappa shape index (κ3) is 5.49. The fraction of sp³-hybridized carbons (Fsp3) is 0.174. The molecule has 0 saturated heterocycles. The Morgan fingerprint density at radius 2 is 1.72 bits per heavy atom. The Bertz CT molecular complexity index is 974. The predicted molar refractivity (Wildman–Crippen MR) is 113 cm³/mol. The number of nitrogens with one attached hydrogen (secondary N) is 2. The minimum atomic E-state index is -0.893. The number of methoxy groups -OCH3 is 1. The number of para-hydroxylation sites is 3. The number of anilines is 1. The van der Waals surface area contributed by atoms with Gasteiger partial charge >= 0.3 is 6.03 Å². The van der Waals surface area contributed by atoms with E-state index in [1.807, 2.05) is 49.4 Å². The SMILES string of the molecule is COc1ccccc1C(O)CNC(=O)Nc1ccccc1Oc1cccc(C)c1. The highest BCUT2D eigenvalue weighted by Gasteiger charge is 2.15. The molecule has 3 N–H and O–H groups in total. The molecule has 29 heavy (non-hydrogen) atoms. The molecule has 0 aliphatic rings. The number of amides is 2. The van der Waals surface area contributed by atoms with Crippen molar-refractivity contribution in [1.29, 1.82) is 0 Å². The first-order valence-electron chi connectivity index (χ1n) is 9.26. The first-order valence-corrected chi connectivity index (χ1v) is 9.26. The second kappa shape index (κ2) is 9.61. The van der Waals surface area contributed by atoms with Gasteiger partial charge in [0.25, 0.3) is 0 Å². The third-order valence-corrected chi connectivity index (χ3v) is 4.31. The Morgan fingerprint density at radius 3 is 2.48 bits per heavy atom. The average molecular weight is 392 g/mol. The van der Waals surface area contributed by atoms with Crippen LogP contribution in [0, 0.1) is 6.92 Å². The Hall–Kier alpha value is -3.51. The Morgan fingerprint density at radius 1 is 1.00 bits per heavy atom. The van der Waals surface area contributed by atoms with Crippen molar-refractivity contribution in [3.8, 4) is 17.2 Å². The highest BCUT2D eigenvalue weighted by molar-refractivity contribution is 5.91. The Balaban J connectivity index is 1.62. The van der Waals surface area contributed by atoms with Gasteiger partial charge < -0.3 is 25.2 Å². The van der Waals surface area contributed by atoms with Crippen molar-refractivity contribution in [3.63, 3.8) is 0 Å². The Labute approximate surface area is 170 Å². The maximum absolute atomic E-state index is 12.3. The molecular formula is C23H24N2O4. The van der Waals surface area contributed by atoms with Crippen molar-refractivity contribution in [2.45, 2.75) is 13.0 Å². The highest BCUT2D eigenvalue weighted by Crippen LogP contribution is 2.29. The van der Waals surface area contributed by atoms with Gasteiger partial charge in [-0.05, 0) is 42.8 Å². The second-order valence-electron chi connectivity index (χ2n) is 6.51. The van der Waals surface area contributed by atoms with Crippen molar-refractivity contribution in [2.75, 3.05) is 19.0 Å². The molecule has 0 saturated carbocycles. The summed E-state index contributed by atoms with van der Waals surface area (Å²) in [6.07, 6.45) is -0.893. The summed E-state index contributed by atoms with van der Waals surface area (Å²) in [7, 11) is 1.54. The van der Waals surface area contributed by atoms with Gasteiger partial charge in [-0.15, -0.1) is 0 Å². The van der Waals surface area contributed by atoms with Crippen LogP contribution in [0.25, 0.3) is 0 Å². The number of aryl methyl sites for hydroxylation is 1. The number of rotatable bonds is 7. The van der Waals surface area contributed by atoms with E-state index in [9.17, 15) is 9.90 Å². The number of urea groups is 1. The van der Waals surface area contributed by atoms with Crippen LogP contribution in [-0.4, -0.2) is 24.8 Å². The first-order chi connectivity index (χ1) is 14.1. The molecule has 0 aromatic heterocycles. The molecule has 150 valence electrons. The lowest BCUT2D eigenvalue weighted by atomic mass is 10.1. The molecule has 3 rings (SSSR count). The lowest BCUT2D eigenvalue weighted by molar-refractivity contribution is 0.171. The van der Waals surface area contributed by atoms with Crippen molar-refractivity contribution >= 4 is 11.7 Å². The second-order valence-corrected chi connectivity index (χ2v) is 6.51. The molecule has 3 aromatic rings. The molecule has 0 aliphatic heterocycles. The normalized spacial score (nSPS) is 11.4. The lowest BCUT2D eigenvalue weighted by Gasteiger charge is -2.16. The van der Waals surface area contributed by atoms with Gasteiger partial charge in [0.15, 0.2) is 5.75 Å². The summed E-state index contributed by atoms with van der Waals surface area (Å²) in [4.78, 5) is 12.3. The van der Waals surface area contributed by atoms with Crippen LogP contribution >= 0.6 is 0 Å². The number of hydrogen-bond acceptors (Lipinski definition) is 4. The number of aliphatic hydroxyl groups excluding tert-OH is 1. The zero-order valence-electron chi connectivity index (χ0n) is 16.4. The zero-order valence-corrected chi connectivity index (χ0v) is 16.4. The molecule has 0 bridgehead atoms. The number of carbonyl (C=O) groups excluding carboxylic acids is 1. The van der Waals surface area contributed by atoms with Crippen LogP contribution < -0.4 is 20.1 Å². The summed E-state index contributed by atoms with van der Waals surface area (Å²) in [6, 6.07) is 21.5. The summed E-state index contributed by atoms with van der Waals surface area (Å²) in [5.41, 5.74) is 2.22. The van der Waals surface area contributed by atoms with E-state index in [-0.39, 0.29) is 6.54 Å². The smallest absolute Gasteiger partial charge is 0.319 e. The fourth-order valence-corrected chi connectivity index (χ4v) is 2.87. The van der Waals surface area contributed by atoms with Gasteiger partial charge in [0, 0.05) is 12.1 Å². The lowest BCUT2D eigenvalue weighted by Crippen LogP contribution is -2.32. The summed E-state index contributed by atoms with van der Waals surface area (Å²) in [5, 5.41) is 15.8. The van der Waals surface area contributed by atoms with Crippen LogP contribution in [0.3, 0.4) is 0 Å². The molecule has 0 radical (unpaired) electrons. The molecular weight excluding hydrogens is 368 g/mol. The molecule has 3 aromatic carbocycles. The standard InChI is InChI=1S/C23H24N2O4/c1-16-8-7-9-17(14-16)29-22-13-6-4-11-19(22)25-23(27)24-15-20(26)18-10-3-5-12-21(18)28-2/h3-14,20,26H,15H2,1-2H3,(H2,24,25,27). The van der Waals surface area contributed by atoms with Gasteiger partial charge in [-0.25, -0.2) is 4.79 Å². The van der Waals surface area contributed by atoms with Crippen LogP contribution in [0.2, 0.25) is 0 Å². The van der Waals surface area contributed by atoms with E-state index in [0.29, 0.717) is 28.5 Å². The molecule has 0 heterocycles. The molecule has 6 heteroatoms. The summed E-state index contributed by atoms with van der Waals surface area (Å²) in [5.74, 6) is 1.78. The van der Waals surface area contributed by atoms with Gasteiger partial charge in [-0.3, -0.25) is 0 Å². The predicted octanol–water partition coefficient (Wildman–Crippen LogP) is 4.65. The number of hydrogen-bond donors (Lipinski definition) is 3. The third-order valence-electron chi connectivity index (χ3n) is 4.31. The molecule has 2 amide bonds. The van der Waals surface area contributed by atoms with E-state index in [1.165, 1.54) is 7.11 Å². The van der Waals surface area contributed by atoms with Gasteiger partial charge in [0.2, 0.25) is 0 Å². The van der Waals surface area contributed by atoms with E-state index < -0.39 is 12.1 Å². The largest absolute Gasteiger partial charge is 0.496 e. The minimum absolute atomic E-state index is 0.0348. The van der Waals surface area contributed by atoms with Gasteiger partial charge in [0.1, 0.15) is 11.5 Å². The molecule has 6 nitrogen and oxygen atoms in total. The summed E-state index contributed by atoms with van der Waals surface area (Å²) < 4.78 is 11.2. The van der Waals surface area contributed by atoms with E-state index in [2.05, 4.69) is 10.6 Å². The van der Waals surface area contributed by atoms with E-state index in [4.69, 9.17) is 9.47 Å². The van der Waals surface area contributed by atoms with Crippen LogP contribution in [0.4, 0.5) is 10.5 Å².